The van der Waals surface area contributed by atoms with Crippen molar-refractivity contribution >= 4 is 23.3 Å². The summed E-state index contributed by atoms with van der Waals surface area (Å²) in [6, 6.07) is 5.52. The van der Waals surface area contributed by atoms with Gasteiger partial charge in [-0.05, 0) is 31.9 Å². The Kier molecular flexibility index (Phi) is 5.25. The van der Waals surface area contributed by atoms with E-state index < -0.39 is 0 Å². The number of amides is 2. The summed E-state index contributed by atoms with van der Waals surface area (Å²) in [4.78, 5) is 18.4. The molecule has 24 heavy (non-hydrogen) atoms. The molecule has 1 aromatic carbocycles. The maximum atomic E-state index is 12.5. The van der Waals surface area contributed by atoms with Gasteiger partial charge in [0.05, 0.1) is 18.6 Å². The second-order valence-corrected chi connectivity index (χ2v) is 6.17. The number of hydrogen-bond donors (Lipinski definition) is 1. The van der Waals surface area contributed by atoms with E-state index in [2.05, 4.69) is 14.9 Å². The Hall–Kier alpha value is -2.21. The van der Waals surface area contributed by atoms with Gasteiger partial charge in [-0.1, -0.05) is 11.6 Å². The Labute approximate surface area is 146 Å². The number of carbonyl (C=O) groups is 1. The Bertz CT molecular complexity index is 682. The lowest BCUT2D eigenvalue weighted by molar-refractivity contribution is 0.183. The summed E-state index contributed by atoms with van der Waals surface area (Å²) in [5.41, 5.74) is 0.642. The Morgan fingerprint density at radius 3 is 2.88 bits per heavy atom. The van der Waals surface area contributed by atoms with Crippen LogP contribution in [0.1, 0.15) is 25.8 Å². The molecule has 128 valence electrons. The van der Waals surface area contributed by atoms with E-state index in [1.165, 1.54) is 0 Å². The summed E-state index contributed by atoms with van der Waals surface area (Å²) in [6.45, 7) is 3.84. The van der Waals surface area contributed by atoms with Crippen molar-refractivity contribution in [3.05, 3.63) is 41.9 Å². The Morgan fingerprint density at radius 2 is 2.21 bits per heavy atom. The third-order valence-corrected chi connectivity index (χ3v) is 4.42. The topological polar surface area (TPSA) is 59.4 Å². The van der Waals surface area contributed by atoms with Crippen LogP contribution in [0.4, 0.5) is 10.5 Å². The zero-order valence-corrected chi connectivity index (χ0v) is 14.4. The van der Waals surface area contributed by atoms with Crippen LogP contribution in [-0.2, 0) is 0 Å². The minimum Gasteiger partial charge on any atom is -0.492 e. The van der Waals surface area contributed by atoms with E-state index in [1.807, 2.05) is 24.3 Å². The van der Waals surface area contributed by atoms with E-state index in [0.29, 0.717) is 42.2 Å². The van der Waals surface area contributed by atoms with Gasteiger partial charge >= 0.3 is 6.03 Å². The van der Waals surface area contributed by atoms with Crippen LogP contribution in [0, 0.1) is 0 Å². The van der Waals surface area contributed by atoms with Gasteiger partial charge in [0.25, 0.3) is 0 Å². The molecule has 2 heterocycles. The molecule has 3 rings (SSSR count). The van der Waals surface area contributed by atoms with Crippen LogP contribution in [0.5, 0.6) is 5.75 Å². The molecular weight excluding hydrogens is 328 g/mol. The number of likely N-dealkylation sites (tertiary alicyclic amines) is 1. The summed E-state index contributed by atoms with van der Waals surface area (Å²) in [5.74, 6) is 0.589. The van der Waals surface area contributed by atoms with Crippen LogP contribution in [0.15, 0.2) is 36.9 Å². The molecule has 2 amide bonds. The van der Waals surface area contributed by atoms with Crippen molar-refractivity contribution in [2.75, 3.05) is 25.0 Å². The lowest BCUT2D eigenvalue weighted by atomic mass is 10.1. The number of halogens is 1. The standard InChI is InChI=1S/C17H21ClN4O2/c1-2-24-16-11-13(18)3-4-15(16)20-17(23)21-8-5-14(6-9-21)22-10-7-19-12-22/h3-4,7,10-12,14H,2,5-6,8-9H2,1H3,(H,20,23). The molecule has 6 nitrogen and oxygen atoms in total. The fourth-order valence-corrected chi connectivity index (χ4v) is 3.08. The van der Waals surface area contributed by atoms with Gasteiger partial charge < -0.3 is 19.5 Å². The largest absolute Gasteiger partial charge is 0.492 e. The molecule has 0 radical (unpaired) electrons. The fraction of sp³-hybridized carbons (Fsp3) is 0.412. The number of rotatable bonds is 4. The lowest BCUT2D eigenvalue weighted by Gasteiger charge is -2.32. The number of benzene rings is 1. The van der Waals surface area contributed by atoms with E-state index in [-0.39, 0.29) is 6.03 Å². The number of nitrogens with zero attached hydrogens (tertiary/aromatic N) is 3. The molecule has 2 aromatic rings. The zero-order chi connectivity index (χ0) is 16.9. The van der Waals surface area contributed by atoms with E-state index in [9.17, 15) is 4.79 Å². The van der Waals surface area contributed by atoms with Gasteiger partial charge in [-0.25, -0.2) is 9.78 Å². The van der Waals surface area contributed by atoms with Crippen molar-refractivity contribution in [1.29, 1.82) is 0 Å². The highest BCUT2D eigenvalue weighted by atomic mass is 35.5. The van der Waals surface area contributed by atoms with Crippen molar-refractivity contribution in [2.24, 2.45) is 0 Å². The number of anilines is 1. The van der Waals surface area contributed by atoms with Gasteiger partial charge in [0.2, 0.25) is 0 Å². The van der Waals surface area contributed by atoms with E-state index in [4.69, 9.17) is 16.3 Å². The summed E-state index contributed by atoms with van der Waals surface area (Å²) in [7, 11) is 0. The highest BCUT2D eigenvalue weighted by Crippen LogP contribution is 2.29. The second-order valence-electron chi connectivity index (χ2n) is 5.73. The number of carbonyl (C=O) groups excluding carboxylic acids is 1. The Morgan fingerprint density at radius 1 is 1.42 bits per heavy atom. The van der Waals surface area contributed by atoms with Gasteiger partial charge in [-0.3, -0.25) is 0 Å². The van der Waals surface area contributed by atoms with Crippen LogP contribution < -0.4 is 10.1 Å². The molecule has 7 heteroatoms. The SMILES string of the molecule is CCOc1cc(Cl)ccc1NC(=O)N1CCC(n2ccnc2)CC1. The maximum Gasteiger partial charge on any atom is 0.321 e. The van der Waals surface area contributed by atoms with Crippen LogP contribution >= 0.6 is 11.6 Å². The molecule has 0 bridgehead atoms. The number of urea groups is 1. The predicted molar refractivity (Wildman–Crippen MR) is 93.7 cm³/mol. The van der Waals surface area contributed by atoms with E-state index >= 15 is 0 Å². The number of nitrogens with one attached hydrogen (secondary N) is 1. The smallest absolute Gasteiger partial charge is 0.321 e. The van der Waals surface area contributed by atoms with Crippen molar-refractivity contribution < 1.29 is 9.53 Å². The molecule has 1 N–H and O–H groups in total. The first kappa shape index (κ1) is 16.6. The summed E-state index contributed by atoms with van der Waals surface area (Å²) < 4.78 is 7.66. The lowest BCUT2D eigenvalue weighted by Crippen LogP contribution is -2.41. The molecular formula is C17H21ClN4O2. The van der Waals surface area contributed by atoms with E-state index in [0.717, 1.165) is 12.8 Å². The minimum absolute atomic E-state index is 0.109. The molecule has 0 unspecified atom stereocenters. The average Bonchev–Trinajstić information content (AvgIpc) is 3.12. The molecule has 0 atom stereocenters. The number of ether oxygens (including phenoxy) is 1. The maximum absolute atomic E-state index is 12.5. The molecule has 1 aromatic heterocycles. The van der Waals surface area contributed by atoms with Crippen molar-refractivity contribution in [3.8, 4) is 5.75 Å². The summed E-state index contributed by atoms with van der Waals surface area (Å²) >= 11 is 5.99. The third-order valence-electron chi connectivity index (χ3n) is 4.18. The Balaban J connectivity index is 1.60. The van der Waals surface area contributed by atoms with Crippen molar-refractivity contribution in [2.45, 2.75) is 25.8 Å². The molecule has 0 saturated carbocycles. The predicted octanol–water partition coefficient (Wildman–Crippen LogP) is 3.80. The van der Waals surface area contributed by atoms with Gasteiger partial charge in [-0.2, -0.15) is 0 Å². The zero-order valence-electron chi connectivity index (χ0n) is 13.6. The molecule has 1 fully saturated rings. The first-order valence-corrected chi connectivity index (χ1v) is 8.51. The van der Waals surface area contributed by atoms with Crippen molar-refractivity contribution in [3.63, 3.8) is 0 Å². The van der Waals surface area contributed by atoms with Gasteiger partial charge in [-0.15, -0.1) is 0 Å². The first-order chi connectivity index (χ1) is 11.7. The van der Waals surface area contributed by atoms with Crippen LogP contribution in [0.3, 0.4) is 0 Å². The highest BCUT2D eigenvalue weighted by molar-refractivity contribution is 6.30. The van der Waals surface area contributed by atoms with Gasteiger partial charge in [0.15, 0.2) is 0 Å². The quantitative estimate of drug-likeness (QED) is 0.914. The number of hydrogen-bond acceptors (Lipinski definition) is 3. The van der Waals surface area contributed by atoms with Gasteiger partial charge in [0.1, 0.15) is 5.75 Å². The summed E-state index contributed by atoms with van der Waals surface area (Å²) in [5, 5.41) is 3.51. The normalized spacial score (nSPS) is 15.3. The molecule has 1 aliphatic heterocycles. The van der Waals surface area contributed by atoms with Crippen LogP contribution in [-0.4, -0.2) is 40.2 Å². The van der Waals surface area contributed by atoms with Crippen LogP contribution in [0.25, 0.3) is 0 Å². The van der Waals surface area contributed by atoms with Gasteiger partial charge in [0, 0.05) is 42.6 Å². The molecule has 1 aliphatic rings. The highest BCUT2D eigenvalue weighted by Gasteiger charge is 2.24. The number of aromatic nitrogens is 2. The number of piperidine rings is 1. The van der Waals surface area contributed by atoms with Crippen LogP contribution in [0.2, 0.25) is 5.02 Å². The first-order valence-electron chi connectivity index (χ1n) is 8.13. The number of imidazole rings is 1. The summed E-state index contributed by atoms with van der Waals surface area (Å²) in [6.07, 6.45) is 7.44. The molecule has 0 aliphatic carbocycles. The molecule has 0 spiro atoms. The van der Waals surface area contributed by atoms with E-state index in [1.54, 1.807) is 24.4 Å². The monoisotopic (exact) mass is 348 g/mol. The third kappa shape index (κ3) is 3.82. The fourth-order valence-electron chi connectivity index (χ4n) is 2.92. The van der Waals surface area contributed by atoms with Crippen molar-refractivity contribution in [1.82, 2.24) is 14.5 Å². The second kappa shape index (κ2) is 7.57. The minimum atomic E-state index is -0.109. The molecule has 1 saturated heterocycles. The average molecular weight is 349 g/mol.